The van der Waals surface area contributed by atoms with E-state index in [0.29, 0.717) is 11.1 Å². The summed E-state index contributed by atoms with van der Waals surface area (Å²) in [6, 6.07) is 4.32. The Morgan fingerprint density at radius 2 is 2.07 bits per heavy atom. The molecule has 0 aliphatic rings. The fraction of sp³-hybridized carbons (Fsp3) is 0.111. The summed E-state index contributed by atoms with van der Waals surface area (Å²) in [6.45, 7) is 0. The molecule has 0 aromatic heterocycles. The van der Waals surface area contributed by atoms with Crippen molar-refractivity contribution in [2.75, 3.05) is 0 Å². The predicted molar refractivity (Wildman–Crippen MR) is 57.1 cm³/mol. The number of phenols is 1. The van der Waals surface area contributed by atoms with E-state index in [-0.39, 0.29) is 17.2 Å². The molecular weight excluding hydrogens is 200 g/mol. The van der Waals surface area contributed by atoms with Crippen LogP contribution in [0.5, 0.6) is 5.75 Å². The van der Waals surface area contributed by atoms with Crippen LogP contribution in [0.15, 0.2) is 18.2 Å². The summed E-state index contributed by atoms with van der Waals surface area (Å²) in [4.78, 5) is 11.1. The molecule has 0 saturated heterocycles. The van der Waals surface area contributed by atoms with Gasteiger partial charge in [-0.3, -0.25) is 4.79 Å². The third kappa shape index (κ3) is 2.43. The van der Waals surface area contributed by atoms with E-state index in [1.54, 1.807) is 0 Å². The second-order valence-corrected chi connectivity index (χ2v) is 3.38. The minimum absolute atomic E-state index is 0.0581. The van der Waals surface area contributed by atoms with Gasteiger partial charge >= 0.3 is 0 Å². The molecular formula is C9H10N2O2S. The molecule has 0 atom stereocenters. The van der Waals surface area contributed by atoms with Crippen molar-refractivity contribution >= 4 is 23.1 Å². The Morgan fingerprint density at radius 3 is 2.57 bits per heavy atom. The second-order valence-electron chi connectivity index (χ2n) is 2.85. The summed E-state index contributed by atoms with van der Waals surface area (Å²) in [7, 11) is 0. The van der Waals surface area contributed by atoms with Gasteiger partial charge in [0.05, 0.1) is 4.99 Å². The molecule has 4 nitrogen and oxygen atoms in total. The minimum Gasteiger partial charge on any atom is -0.508 e. The van der Waals surface area contributed by atoms with Gasteiger partial charge in [0.15, 0.2) is 0 Å². The monoisotopic (exact) mass is 210 g/mol. The number of hydrogen-bond donors (Lipinski definition) is 3. The number of carbonyl (C=O) groups excluding carboxylic acids is 1. The largest absolute Gasteiger partial charge is 0.508 e. The van der Waals surface area contributed by atoms with Crippen molar-refractivity contribution in [2.45, 2.75) is 6.42 Å². The van der Waals surface area contributed by atoms with Crippen LogP contribution in [0.2, 0.25) is 0 Å². The molecule has 0 spiro atoms. The number of nitrogens with two attached hydrogens (primary N) is 2. The lowest BCUT2D eigenvalue weighted by Gasteiger charge is -2.04. The standard InChI is InChI=1S/C9H10N2O2S/c10-8(14)4-6-3-5(9(11)13)1-2-7(6)12/h1-3,12H,4H2,(H2,10,14)(H2,11,13). The molecule has 1 rings (SSSR count). The van der Waals surface area contributed by atoms with Crippen molar-refractivity contribution < 1.29 is 9.90 Å². The first-order chi connectivity index (χ1) is 6.50. The van der Waals surface area contributed by atoms with Crippen LogP contribution in [0.3, 0.4) is 0 Å². The average Bonchev–Trinajstić information content (AvgIpc) is 2.07. The van der Waals surface area contributed by atoms with Gasteiger partial charge in [0.1, 0.15) is 5.75 Å². The Morgan fingerprint density at radius 1 is 1.43 bits per heavy atom. The average molecular weight is 210 g/mol. The van der Waals surface area contributed by atoms with E-state index in [2.05, 4.69) is 0 Å². The van der Waals surface area contributed by atoms with E-state index >= 15 is 0 Å². The van der Waals surface area contributed by atoms with Gasteiger partial charge in [-0.25, -0.2) is 0 Å². The lowest BCUT2D eigenvalue weighted by Crippen LogP contribution is -2.14. The normalized spacial score (nSPS) is 9.71. The van der Waals surface area contributed by atoms with Crippen molar-refractivity contribution in [3.8, 4) is 5.75 Å². The maximum atomic E-state index is 10.8. The van der Waals surface area contributed by atoms with Crippen molar-refractivity contribution in [1.82, 2.24) is 0 Å². The maximum Gasteiger partial charge on any atom is 0.248 e. The van der Waals surface area contributed by atoms with Gasteiger partial charge in [-0.15, -0.1) is 0 Å². The number of aromatic hydroxyl groups is 1. The summed E-state index contributed by atoms with van der Waals surface area (Å²) < 4.78 is 0. The molecule has 0 aliphatic carbocycles. The van der Waals surface area contributed by atoms with Crippen LogP contribution >= 0.6 is 12.2 Å². The van der Waals surface area contributed by atoms with Crippen molar-refractivity contribution in [3.63, 3.8) is 0 Å². The lowest BCUT2D eigenvalue weighted by atomic mass is 10.1. The fourth-order valence-corrected chi connectivity index (χ4v) is 1.22. The van der Waals surface area contributed by atoms with Crippen LogP contribution in [-0.2, 0) is 6.42 Å². The Bertz CT molecular complexity index is 390. The Hall–Kier alpha value is -1.62. The summed E-state index contributed by atoms with van der Waals surface area (Å²) in [6.07, 6.45) is 0.252. The molecule has 0 heterocycles. The van der Waals surface area contributed by atoms with Crippen molar-refractivity contribution in [1.29, 1.82) is 0 Å². The fourth-order valence-electron chi connectivity index (χ4n) is 1.07. The first-order valence-corrected chi connectivity index (χ1v) is 4.31. The molecule has 1 aromatic rings. The van der Waals surface area contributed by atoms with Gasteiger partial charge in [-0.1, -0.05) is 12.2 Å². The Kier molecular flexibility index (Phi) is 3.03. The first-order valence-electron chi connectivity index (χ1n) is 3.90. The number of rotatable bonds is 3. The highest BCUT2D eigenvalue weighted by Crippen LogP contribution is 2.18. The van der Waals surface area contributed by atoms with E-state index < -0.39 is 5.91 Å². The molecule has 0 saturated carbocycles. The number of benzene rings is 1. The van der Waals surface area contributed by atoms with Gasteiger partial charge in [-0.05, 0) is 18.2 Å². The summed E-state index contributed by atoms with van der Waals surface area (Å²) in [5.41, 5.74) is 11.2. The second kappa shape index (κ2) is 4.06. The highest BCUT2D eigenvalue weighted by molar-refractivity contribution is 7.80. The number of phenolic OH excluding ortho intramolecular Hbond substituents is 1. The number of primary amides is 1. The summed E-state index contributed by atoms with van der Waals surface area (Å²) >= 11 is 4.70. The van der Waals surface area contributed by atoms with Crippen LogP contribution in [-0.4, -0.2) is 16.0 Å². The third-order valence-electron chi connectivity index (χ3n) is 1.73. The molecule has 5 heteroatoms. The molecule has 0 fully saturated rings. The van der Waals surface area contributed by atoms with E-state index in [0.717, 1.165) is 0 Å². The molecule has 14 heavy (non-hydrogen) atoms. The molecule has 74 valence electrons. The molecule has 5 N–H and O–H groups in total. The first kappa shape index (κ1) is 10.5. The molecule has 0 unspecified atom stereocenters. The third-order valence-corrected chi connectivity index (χ3v) is 1.87. The van der Waals surface area contributed by atoms with Gasteiger partial charge < -0.3 is 16.6 Å². The van der Waals surface area contributed by atoms with Crippen LogP contribution < -0.4 is 11.5 Å². The number of thiocarbonyl (C=S) groups is 1. The quantitative estimate of drug-likeness (QED) is 0.627. The minimum atomic E-state index is -0.547. The molecule has 1 amide bonds. The van der Waals surface area contributed by atoms with E-state index in [1.807, 2.05) is 0 Å². The summed E-state index contributed by atoms with van der Waals surface area (Å²) in [5.74, 6) is -0.489. The van der Waals surface area contributed by atoms with Gasteiger partial charge in [0.25, 0.3) is 0 Å². The zero-order valence-corrected chi connectivity index (χ0v) is 8.17. The molecule has 1 aromatic carbocycles. The SMILES string of the molecule is NC(=O)c1ccc(O)c(CC(N)=S)c1. The van der Waals surface area contributed by atoms with Gasteiger partial charge in [0, 0.05) is 17.5 Å². The number of carbonyl (C=O) groups is 1. The van der Waals surface area contributed by atoms with Crippen LogP contribution in [0.25, 0.3) is 0 Å². The molecule has 0 bridgehead atoms. The maximum absolute atomic E-state index is 10.8. The van der Waals surface area contributed by atoms with E-state index in [4.69, 9.17) is 23.7 Å². The van der Waals surface area contributed by atoms with Gasteiger partial charge in [0.2, 0.25) is 5.91 Å². The van der Waals surface area contributed by atoms with Crippen molar-refractivity contribution in [2.24, 2.45) is 11.5 Å². The summed E-state index contributed by atoms with van der Waals surface area (Å²) in [5, 5.41) is 9.40. The highest BCUT2D eigenvalue weighted by Gasteiger charge is 2.06. The van der Waals surface area contributed by atoms with E-state index in [1.165, 1.54) is 18.2 Å². The zero-order chi connectivity index (χ0) is 10.7. The predicted octanol–water partition coefficient (Wildman–Crippen LogP) is 0.320. The van der Waals surface area contributed by atoms with Crippen molar-refractivity contribution in [3.05, 3.63) is 29.3 Å². The zero-order valence-electron chi connectivity index (χ0n) is 7.36. The Balaban J connectivity index is 3.08. The van der Waals surface area contributed by atoms with E-state index in [9.17, 15) is 9.90 Å². The molecule has 0 aliphatic heterocycles. The number of hydrogen-bond acceptors (Lipinski definition) is 3. The van der Waals surface area contributed by atoms with Crippen LogP contribution in [0.4, 0.5) is 0 Å². The smallest absolute Gasteiger partial charge is 0.248 e. The lowest BCUT2D eigenvalue weighted by molar-refractivity contribution is 0.1000. The number of amides is 1. The Labute approximate surface area is 86.5 Å². The highest BCUT2D eigenvalue weighted by atomic mass is 32.1. The van der Waals surface area contributed by atoms with Crippen LogP contribution in [0.1, 0.15) is 15.9 Å². The van der Waals surface area contributed by atoms with Gasteiger partial charge in [-0.2, -0.15) is 0 Å². The topological polar surface area (TPSA) is 89.3 Å². The molecule has 0 radical (unpaired) electrons. The van der Waals surface area contributed by atoms with Crippen LogP contribution in [0, 0.1) is 0 Å².